The van der Waals surface area contributed by atoms with Gasteiger partial charge >= 0.3 is 0 Å². The minimum absolute atomic E-state index is 0.0283. The van der Waals surface area contributed by atoms with Crippen LogP contribution in [0.5, 0.6) is 0 Å². The average molecular weight is 412 g/mol. The monoisotopic (exact) mass is 411 g/mol. The van der Waals surface area contributed by atoms with Crippen molar-refractivity contribution >= 4 is 35.2 Å². The lowest BCUT2D eigenvalue weighted by Crippen LogP contribution is -2.36. The van der Waals surface area contributed by atoms with Crippen LogP contribution >= 0.6 is 11.8 Å². The molecule has 0 atom stereocenters. The van der Waals surface area contributed by atoms with Crippen molar-refractivity contribution in [3.8, 4) is 0 Å². The number of amides is 3. The van der Waals surface area contributed by atoms with Gasteiger partial charge in [0.2, 0.25) is 11.8 Å². The summed E-state index contributed by atoms with van der Waals surface area (Å²) >= 11 is 1.75. The number of thioether (sulfide) groups is 1. The van der Waals surface area contributed by atoms with Crippen molar-refractivity contribution in [1.82, 2.24) is 10.2 Å². The largest absolute Gasteiger partial charge is 0.352 e. The van der Waals surface area contributed by atoms with E-state index in [0.717, 1.165) is 21.9 Å². The Hall–Kier alpha value is -2.80. The van der Waals surface area contributed by atoms with E-state index in [9.17, 15) is 14.4 Å². The van der Waals surface area contributed by atoms with E-state index in [0.29, 0.717) is 18.7 Å². The van der Waals surface area contributed by atoms with Crippen LogP contribution in [0.25, 0.3) is 0 Å². The van der Waals surface area contributed by atoms with Gasteiger partial charge in [-0.25, -0.2) is 0 Å². The van der Waals surface area contributed by atoms with Crippen LogP contribution in [-0.2, 0) is 16.1 Å². The van der Waals surface area contributed by atoms with Crippen molar-refractivity contribution in [1.29, 1.82) is 0 Å². The average Bonchev–Trinajstić information content (AvgIpc) is 2.75. The number of carbonyl (C=O) groups is 3. The Balaban J connectivity index is 1.47. The van der Waals surface area contributed by atoms with E-state index in [4.69, 9.17) is 0 Å². The van der Waals surface area contributed by atoms with Gasteiger partial charge in [-0.3, -0.25) is 14.4 Å². The molecule has 0 fully saturated rings. The van der Waals surface area contributed by atoms with Crippen molar-refractivity contribution in [3.63, 3.8) is 0 Å². The molecule has 0 radical (unpaired) electrons. The van der Waals surface area contributed by atoms with Crippen LogP contribution in [0, 0.1) is 0 Å². The van der Waals surface area contributed by atoms with Gasteiger partial charge in [0.1, 0.15) is 0 Å². The molecule has 7 heteroatoms. The third-order valence-electron chi connectivity index (χ3n) is 4.69. The maximum Gasteiger partial charge on any atom is 0.253 e. The lowest BCUT2D eigenvalue weighted by molar-refractivity contribution is -0.125. The quantitative estimate of drug-likeness (QED) is 0.794. The van der Waals surface area contributed by atoms with Gasteiger partial charge < -0.3 is 15.1 Å². The minimum Gasteiger partial charge on any atom is -0.352 e. The molecule has 0 aliphatic carbocycles. The summed E-state index contributed by atoms with van der Waals surface area (Å²) in [6, 6.07) is 15.0. The molecular weight excluding hydrogens is 386 g/mol. The summed E-state index contributed by atoms with van der Waals surface area (Å²) in [5, 5.41) is 2.84. The molecule has 0 spiro atoms. The summed E-state index contributed by atoms with van der Waals surface area (Å²) in [4.78, 5) is 41.1. The first-order valence-electron chi connectivity index (χ1n) is 9.55. The molecule has 152 valence electrons. The molecule has 3 rings (SSSR count). The molecule has 6 nitrogen and oxygen atoms in total. The van der Waals surface area contributed by atoms with Crippen LogP contribution in [0.3, 0.4) is 0 Å². The van der Waals surface area contributed by atoms with Gasteiger partial charge in [0.15, 0.2) is 0 Å². The zero-order valence-corrected chi connectivity index (χ0v) is 17.5. The van der Waals surface area contributed by atoms with Crippen LogP contribution < -0.4 is 10.2 Å². The summed E-state index contributed by atoms with van der Waals surface area (Å²) in [7, 11) is 3.41. The van der Waals surface area contributed by atoms with Gasteiger partial charge in [0, 0.05) is 56.2 Å². The van der Waals surface area contributed by atoms with Crippen molar-refractivity contribution < 1.29 is 14.4 Å². The number of hydrogen-bond donors (Lipinski definition) is 1. The molecule has 1 N–H and O–H groups in total. The molecule has 1 aliphatic heterocycles. The van der Waals surface area contributed by atoms with Gasteiger partial charge in [0.25, 0.3) is 5.91 Å². The third-order valence-corrected chi connectivity index (χ3v) is 5.74. The molecular formula is C22H25N3O3S. The number of rotatable bonds is 6. The first-order valence-corrected chi connectivity index (χ1v) is 10.5. The fourth-order valence-corrected chi connectivity index (χ4v) is 4.09. The molecule has 3 amide bonds. The van der Waals surface area contributed by atoms with Crippen LogP contribution in [0.4, 0.5) is 5.69 Å². The molecule has 0 aromatic heterocycles. The van der Waals surface area contributed by atoms with E-state index < -0.39 is 0 Å². The molecule has 1 heterocycles. The van der Waals surface area contributed by atoms with E-state index in [2.05, 4.69) is 5.32 Å². The second kappa shape index (κ2) is 9.60. The number of anilines is 1. The zero-order valence-electron chi connectivity index (χ0n) is 16.7. The van der Waals surface area contributed by atoms with E-state index in [-0.39, 0.29) is 30.6 Å². The molecule has 0 saturated carbocycles. The Morgan fingerprint density at radius 1 is 1.03 bits per heavy atom. The van der Waals surface area contributed by atoms with Gasteiger partial charge in [-0.15, -0.1) is 11.8 Å². The Morgan fingerprint density at radius 2 is 1.76 bits per heavy atom. The maximum atomic E-state index is 12.6. The maximum absolute atomic E-state index is 12.6. The van der Waals surface area contributed by atoms with Crippen molar-refractivity contribution in [2.45, 2.75) is 24.3 Å². The highest BCUT2D eigenvalue weighted by Gasteiger charge is 2.22. The number of hydrogen-bond acceptors (Lipinski definition) is 4. The van der Waals surface area contributed by atoms with Crippen LogP contribution in [0.15, 0.2) is 53.4 Å². The molecule has 29 heavy (non-hydrogen) atoms. The van der Waals surface area contributed by atoms with E-state index in [1.165, 1.54) is 4.90 Å². The SMILES string of the molecule is CN(C)C(=O)c1ccc(CNC(=O)CCC(=O)N2CCSc3ccccc32)cc1. The first-order chi connectivity index (χ1) is 14.0. The second-order valence-corrected chi connectivity index (χ2v) is 8.17. The number of para-hydroxylation sites is 1. The Morgan fingerprint density at radius 3 is 2.48 bits per heavy atom. The Bertz CT molecular complexity index is 896. The predicted molar refractivity (Wildman–Crippen MR) is 115 cm³/mol. The first kappa shape index (κ1) is 20.9. The molecule has 2 aromatic carbocycles. The smallest absolute Gasteiger partial charge is 0.253 e. The third kappa shape index (κ3) is 5.38. The number of carbonyl (C=O) groups excluding carboxylic acids is 3. The van der Waals surface area contributed by atoms with Gasteiger partial charge in [-0.2, -0.15) is 0 Å². The van der Waals surface area contributed by atoms with Crippen LogP contribution in [0.2, 0.25) is 0 Å². The second-order valence-electron chi connectivity index (χ2n) is 7.03. The van der Waals surface area contributed by atoms with Crippen LogP contribution in [-0.4, -0.2) is 49.0 Å². The Kier molecular flexibility index (Phi) is 6.93. The van der Waals surface area contributed by atoms with E-state index in [1.807, 2.05) is 36.4 Å². The standard InChI is InChI=1S/C22H25N3O3S/c1-24(2)22(28)17-9-7-16(8-10-17)15-23-20(26)11-12-21(27)25-13-14-29-19-6-4-3-5-18(19)25/h3-10H,11-15H2,1-2H3,(H,23,26). The fraction of sp³-hybridized carbons (Fsp3) is 0.318. The molecule has 1 aliphatic rings. The highest BCUT2D eigenvalue weighted by atomic mass is 32.2. The predicted octanol–water partition coefficient (Wildman–Crippen LogP) is 2.92. The van der Waals surface area contributed by atoms with E-state index in [1.54, 1.807) is 42.9 Å². The van der Waals surface area contributed by atoms with Gasteiger partial charge in [0.05, 0.1) is 5.69 Å². The number of benzene rings is 2. The topological polar surface area (TPSA) is 69.7 Å². The summed E-state index contributed by atoms with van der Waals surface area (Å²) in [6.45, 7) is 1.03. The molecule has 0 unspecified atom stereocenters. The molecule has 2 aromatic rings. The zero-order chi connectivity index (χ0) is 20.8. The Labute approximate surface area is 175 Å². The molecule has 0 saturated heterocycles. The number of nitrogens with zero attached hydrogens (tertiary/aromatic N) is 2. The summed E-state index contributed by atoms with van der Waals surface area (Å²) in [5.41, 5.74) is 2.44. The van der Waals surface area contributed by atoms with Crippen molar-refractivity contribution in [2.75, 3.05) is 31.3 Å². The highest BCUT2D eigenvalue weighted by Crippen LogP contribution is 2.34. The summed E-state index contributed by atoms with van der Waals surface area (Å²) < 4.78 is 0. The molecule has 0 bridgehead atoms. The minimum atomic E-state index is -0.161. The summed E-state index contributed by atoms with van der Waals surface area (Å²) in [5.74, 6) is 0.615. The van der Waals surface area contributed by atoms with Gasteiger partial charge in [-0.05, 0) is 29.8 Å². The summed E-state index contributed by atoms with van der Waals surface area (Å²) in [6.07, 6.45) is 0.336. The van der Waals surface area contributed by atoms with Crippen molar-refractivity contribution in [3.05, 3.63) is 59.7 Å². The van der Waals surface area contributed by atoms with Crippen molar-refractivity contribution in [2.24, 2.45) is 0 Å². The highest BCUT2D eigenvalue weighted by molar-refractivity contribution is 7.99. The van der Waals surface area contributed by atoms with E-state index >= 15 is 0 Å². The lowest BCUT2D eigenvalue weighted by atomic mass is 10.1. The van der Waals surface area contributed by atoms with Crippen LogP contribution in [0.1, 0.15) is 28.8 Å². The number of nitrogens with one attached hydrogen (secondary N) is 1. The van der Waals surface area contributed by atoms with Gasteiger partial charge in [-0.1, -0.05) is 24.3 Å². The fourth-order valence-electron chi connectivity index (χ4n) is 3.10. The number of fused-ring (bicyclic) bond motifs is 1. The lowest BCUT2D eigenvalue weighted by Gasteiger charge is -2.29. The normalized spacial score (nSPS) is 12.8.